The van der Waals surface area contributed by atoms with E-state index in [1.54, 1.807) is 0 Å². The maximum atomic E-state index is 4.82. The average Bonchev–Trinajstić information content (AvgIpc) is 3.19. The van der Waals surface area contributed by atoms with E-state index >= 15 is 0 Å². The molecule has 0 bridgehead atoms. The van der Waals surface area contributed by atoms with Gasteiger partial charge in [0.05, 0.1) is 12.2 Å². The number of rotatable bonds is 6. The normalized spacial score (nSPS) is 20.0. The predicted molar refractivity (Wildman–Crippen MR) is 124 cm³/mol. The van der Waals surface area contributed by atoms with E-state index in [4.69, 9.17) is 9.98 Å². The molecule has 0 spiro atoms. The van der Waals surface area contributed by atoms with Crippen LogP contribution < -0.4 is 10.6 Å². The van der Waals surface area contributed by atoms with E-state index in [1.807, 2.05) is 6.07 Å². The lowest BCUT2D eigenvalue weighted by Crippen LogP contribution is -2.49. The Morgan fingerprint density at radius 1 is 1.13 bits per heavy atom. The van der Waals surface area contributed by atoms with Gasteiger partial charge in [0.2, 0.25) is 0 Å². The van der Waals surface area contributed by atoms with Crippen LogP contribution in [0.15, 0.2) is 29.4 Å². The standard InChI is InChI=1S/C24H38N6/c1-3-25-24(26-16-22-18-30-19(2)8-7-11-23(30)27-22)28-21-12-14-29(15-13-21)17-20-9-5-4-6-10-20/h7-8,11,18,20-21H,3-6,9-10,12-17H2,1-2H3,(H2,25,26,28). The number of nitrogens with one attached hydrogen (secondary N) is 2. The van der Waals surface area contributed by atoms with Crippen molar-refractivity contribution in [3.63, 3.8) is 0 Å². The summed E-state index contributed by atoms with van der Waals surface area (Å²) >= 11 is 0. The number of likely N-dealkylation sites (tertiary alicyclic amines) is 1. The molecule has 0 amide bonds. The average molecular weight is 411 g/mol. The molecule has 2 N–H and O–H groups in total. The summed E-state index contributed by atoms with van der Waals surface area (Å²) in [6.45, 7) is 9.42. The summed E-state index contributed by atoms with van der Waals surface area (Å²) in [6.07, 6.45) is 11.7. The smallest absolute Gasteiger partial charge is 0.191 e. The highest BCUT2D eigenvalue weighted by Crippen LogP contribution is 2.25. The van der Waals surface area contributed by atoms with E-state index in [1.165, 1.54) is 70.3 Å². The molecule has 0 radical (unpaired) electrons. The van der Waals surface area contributed by atoms with Crippen molar-refractivity contribution in [3.8, 4) is 0 Å². The van der Waals surface area contributed by atoms with Crippen molar-refractivity contribution in [1.82, 2.24) is 24.9 Å². The number of aryl methyl sites for hydroxylation is 1. The van der Waals surface area contributed by atoms with Crippen LogP contribution in [0.4, 0.5) is 0 Å². The monoisotopic (exact) mass is 410 g/mol. The zero-order valence-electron chi connectivity index (χ0n) is 18.7. The number of imidazole rings is 1. The number of aliphatic imine (C=N–C) groups is 1. The summed E-state index contributed by atoms with van der Waals surface area (Å²) in [6, 6.07) is 6.71. The van der Waals surface area contributed by atoms with E-state index in [2.05, 4.69) is 52.1 Å². The summed E-state index contributed by atoms with van der Waals surface area (Å²) in [7, 11) is 0. The molecule has 2 aromatic rings. The van der Waals surface area contributed by atoms with Gasteiger partial charge in [-0.3, -0.25) is 0 Å². The van der Waals surface area contributed by atoms with Crippen LogP contribution in [0.25, 0.3) is 5.65 Å². The Hall–Kier alpha value is -2.08. The number of hydrogen-bond donors (Lipinski definition) is 2. The first-order valence-electron chi connectivity index (χ1n) is 11.9. The van der Waals surface area contributed by atoms with Crippen molar-refractivity contribution in [2.24, 2.45) is 10.9 Å². The summed E-state index contributed by atoms with van der Waals surface area (Å²) in [5, 5.41) is 7.09. The molecule has 0 atom stereocenters. The van der Waals surface area contributed by atoms with Crippen molar-refractivity contribution >= 4 is 11.6 Å². The summed E-state index contributed by atoms with van der Waals surface area (Å²) < 4.78 is 2.13. The molecule has 30 heavy (non-hydrogen) atoms. The maximum absolute atomic E-state index is 4.82. The number of hydrogen-bond acceptors (Lipinski definition) is 3. The van der Waals surface area contributed by atoms with Crippen molar-refractivity contribution < 1.29 is 0 Å². The molecular weight excluding hydrogens is 372 g/mol. The number of nitrogens with zero attached hydrogens (tertiary/aromatic N) is 4. The van der Waals surface area contributed by atoms with E-state index < -0.39 is 0 Å². The Morgan fingerprint density at radius 2 is 1.93 bits per heavy atom. The fourth-order valence-corrected chi connectivity index (χ4v) is 4.94. The van der Waals surface area contributed by atoms with Gasteiger partial charge in [0.25, 0.3) is 0 Å². The van der Waals surface area contributed by atoms with Gasteiger partial charge in [0.15, 0.2) is 5.96 Å². The second kappa shape index (κ2) is 10.3. The fourth-order valence-electron chi connectivity index (χ4n) is 4.94. The highest BCUT2D eigenvalue weighted by atomic mass is 15.2. The predicted octanol–water partition coefficient (Wildman–Crippen LogP) is 3.74. The van der Waals surface area contributed by atoms with E-state index in [0.717, 1.165) is 29.8 Å². The van der Waals surface area contributed by atoms with Crippen molar-refractivity contribution in [3.05, 3.63) is 35.8 Å². The summed E-state index contributed by atoms with van der Waals surface area (Å²) in [4.78, 5) is 12.2. The molecule has 2 fully saturated rings. The molecule has 164 valence electrons. The zero-order valence-corrected chi connectivity index (χ0v) is 18.7. The topological polar surface area (TPSA) is 57.0 Å². The first-order chi connectivity index (χ1) is 14.7. The lowest BCUT2D eigenvalue weighted by atomic mass is 9.88. The molecule has 1 aliphatic carbocycles. The second-order valence-corrected chi connectivity index (χ2v) is 9.05. The lowest BCUT2D eigenvalue weighted by molar-refractivity contribution is 0.160. The molecular formula is C24H38N6. The third-order valence-electron chi connectivity index (χ3n) is 6.66. The minimum atomic E-state index is 0.508. The van der Waals surface area contributed by atoms with Gasteiger partial charge in [-0.2, -0.15) is 0 Å². The minimum absolute atomic E-state index is 0.508. The lowest BCUT2D eigenvalue weighted by Gasteiger charge is -2.36. The Balaban J connectivity index is 1.29. The number of pyridine rings is 1. The quantitative estimate of drug-likeness (QED) is 0.563. The molecule has 1 saturated heterocycles. The van der Waals surface area contributed by atoms with Crippen LogP contribution in [0.5, 0.6) is 0 Å². The molecule has 2 aliphatic rings. The highest BCUT2D eigenvalue weighted by Gasteiger charge is 2.23. The number of aromatic nitrogens is 2. The fraction of sp³-hybridized carbons (Fsp3) is 0.667. The highest BCUT2D eigenvalue weighted by molar-refractivity contribution is 5.80. The Morgan fingerprint density at radius 3 is 2.67 bits per heavy atom. The van der Waals surface area contributed by atoms with Crippen LogP contribution in [0.1, 0.15) is 63.3 Å². The van der Waals surface area contributed by atoms with Gasteiger partial charge in [-0.1, -0.05) is 25.3 Å². The summed E-state index contributed by atoms with van der Waals surface area (Å²) in [5.74, 6) is 1.85. The van der Waals surface area contributed by atoms with Gasteiger partial charge in [0, 0.05) is 44.1 Å². The van der Waals surface area contributed by atoms with E-state index in [-0.39, 0.29) is 0 Å². The van der Waals surface area contributed by atoms with E-state index in [0.29, 0.717) is 12.6 Å². The van der Waals surface area contributed by atoms with Crippen molar-refractivity contribution in [1.29, 1.82) is 0 Å². The SMILES string of the molecule is CCNC(=NCc1cn2c(C)cccc2n1)NC1CCN(CC2CCCCC2)CC1. The number of fused-ring (bicyclic) bond motifs is 1. The van der Waals surface area contributed by atoms with Gasteiger partial charge in [-0.15, -0.1) is 0 Å². The van der Waals surface area contributed by atoms with Gasteiger partial charge in [0.1, 0.15) is 5.65 Å². The number of guanidine groups is 1. The van der Waals surface area contributed by atoms with Crippen LogP contribution in [-0.2, 0) is 6.54 Å². The van der Waals surface area contributed by atoms with Gasteiger partial charge >= 0.3 is 0 Å². The molecule has 3 heterocycles. The largest absolute Gasteiger partial charge is 0.357 e. The molecule has 1 saturated carbocycles. The zero-order chi connectivity index (χ0) is 20.8. The van der Waals surface area contributed by atoms with Crippen LogP contribution >= 0.6 is 0 Å². The Kier molecular flexibility index (Phi) is 7.26. The first-order valence-corrected chi connectivity index (χ1v) is 11.9. The molecule has 6 heteroatoms. The second-order valence-electron chi connectivity index (χ2n) is 9.05. The molecule has 0 unspecified atom stereocenters. The Bertz CT molecular complexity index is 827. The Labute approximate surface area is 181 Å². The molecule has 2 aromatic heterocycles. The third kappa shape index (κ3) is 5.54. The van der Waals surface area contributed by atoms with Crippen LogP contribution in [0, 0.1) is 12.8 Å². The van der Waals surface area contributed by atoms with Crippen LogP contribution in [-0.4, -0.2) is 52.5 Å². The maximum Gasteiger partial charge on any atom is 0.191 e. The third-order valence-corrected chi connectivity index (χ3v) is 6.66. The molecule has 0 aromatic carbocycles. The van der Waals surface area contributed by atoms with Crippen LogP contribution in [0.2, 0.25) is 0 Å². The van der Waals surface area contributed by atoms with Crippen LogP contribution in [0.3, 0.4) is 0 Å². The van der Waals surface area contributed by atoms with Gasteiger partial charge < -0.3 is 19.9 Å². The molecule has 6 nitrogen and oxygen atoms in total. The van der Waals surface area contributed by atoms with Crippen molar-refractivity contribution in [2.75, 3.05) is 26.2 Å². The molecule has 4 rings (SSSR count). The van der Waals surface area contributed by atoms with Crippen molar-refractivity contribution in [2.45, 2.75) is 71.4 Å². The van der Waals surface area contributed by atoms with Gasteiger partial charge in [-0.05, 0) is 57.6 Å². The minimum Gasteiger partial charge on any atom is -0.357 e. The molecule has 1 aliphatic heterocycles. The summed E-state index contributed by atoms with van der Waals surface area (Å²) in [5.41, 5.74) is 3.19. The van der Waals surface area contributed by atoms with E-state index in [9.17, 15) is 0 Å². The number of piperidine rings is 1. The van der Waals surface area contributed by atoms with Gasteiger partial charge in [-0.25, -0.2) is 9.98 Å². The first kappa shape index (κ1) is 21.2.